The van der Waals surface area contributed by atoms with Gasteiger partial charge in [-0.3, -0.25) is 4.79 Å². The Morgan fingerprint density at radius 3 is 2.14 bits per heavy atom. The molecule has 0 N–H and O–H groups in total. The zero-order chi connectivity index (χ0) is 25.0. The molecule has 12 heteroatoms. The van der Waals surface area contributed by atoms with E-state index in [-0.39, 0.29) is 5.89 Å². The van der Waals surface area contributed by atoms with Crippen LogP contribution in [-0.4, -0.2) is 82.7 Å². The number of sulfone groups is 1. The molecule has 35 heavy (non-hydrogen) atoms. The van der Waals surface area contributed by atoms with Crippen molar-refractivity contribution in [1.82, 2.24) is 15.1 Å². The standard InChI is InChI=1S/C23H26N4O7S/c1-31-18-13-16(14-19(32-2)21(18)33-3)22-24-25-23(34-22)35(29,30)15-20(28)27-11-9-26(10-12-27)17-7-5-4-6-8-17/h4-8,13-14H,9-12,15H2,1-3H3. The van der Waals surface area contributed by atoms with E-state index in [0.29, 0.717) is 49.0 Å². The summed E-state index contributed by atoms with van der Waals surface area (Å²) in [6, 6.07) is 13.0. The number of carbonyl (C=O) groups is 1. The lowest BCUT2D eigenvalue weighted by atomic mass is 10.2. The van der Waals surface area contributed by atoms with E-state index in [0.717, 1.165) is 5.69 Å². The lowest BCUT2D eigenvalue weighted by Crippen LogP contribution is -2.50. The van der Waals surface area contributed by atoms with Gasteiger partial charge in [0.2, 0.25) is 27.4 Å². The van der Waals surface area contributed by atoms with E-state index < -0.39 is 26.7 Å². The number of carbonyl (C=O) groups excluding carboxylic acids is 1. The molecule has 2 heterocycles. The number of amides is 1. The van der Waals surface area contributed by atoms with Crippen LogP contribution in [0.25, 0.3) is 11.5 Å². The molecule has 1 aromatic heterocycles. The molecule has 0 radical (unpaired) electrons. The van der Waals surface area contributed by atoms with Gasteiger partial charge in [0.15, 0.2) is 11.5 Å². The first kappa shape index (κ1) is 24.3. The zero-order valence-electron chi connectivity index (χ0n) is 19.6. The number of para-hydroxylation sites is 1. The highest BCUT2D eigenvalue weighted by atomic mass is 32.2. The second-order valence-corrected chi connectivity index (χ2v) is 9.62. The molecule has 0 aliphatic carbocycles. The average molecular weight is 503 g/mol. The monoisotopic (exact) mass is 502 g/mol. The molecule has 2 aromatic carbocycles. The number of benzene rings is 2. The Bertz CT molecular complexity index is 1260. The van der Waals surface area contributed by atoms with Gasteiger partial charge in [-0.15, -0.1) is 5.10 Å². The minimum Gasteiger partial charge on any atom is -0.493 e. The third-order valence-corrected chi connectivity index (χ3v) is 6.98. The largest absolute Gasteiger partial charge is 0.493 e. The van der Waals surface area contributed by atoms with Crippen LogP contribution >= 0.6 is 0 Å². The van der Waals surface area contributed by atoms with Gasteiger partial charge < -0.3 is 28.4 Å². The average Bonchev–Trinajstić information content (AvgIpc) is 3.40. The molecule has 11 nitrogen and oxygen atoms in total. The van der Waals surface area contributed by atoms with Crippen LogP contribution in [0.15, 0.2) is 52.1 Å². The summed E-state index contributed by atoms with van der Waals surface area (Å²) in [7, 11) is 0.239. The number of nitrogens with zero attached hydrogens (tertiary/aromatic N) is 4. The van der Waals surface area contributed by atoms with Gasteiger partial charge in [0.05, 0.1) is 21.3 Å². The molecule has 1 fully saturated rings. The fourth-order valence-electron chi connectivity index (χ4n) is 3.83. The lowest BCUT2D eigenvalue weighted by molar-refractivity contribution is -0.128. The van der Waals surface area contributed by atoms with Gasteiger partial charge in [-0.2, -0.15) is 0 Å². The predicted octanol–water partition coefficient (Wildman–Crippen LogP) is 1.88. The molecule has 0 bridgehead atoms. The van der Waals surface area contributed by atoms with Crippen LogP contribution in [0.1, 0.15) is 0 Å². The van der Waals surface area contributed by atoms with Crippen molar-refractivity contribution in [3.63, 3.8) is 0 Å². The molecule has 186 valence electrons. The summed E-state index contributed by atoms with van der Waals surface area (Å²) >= 11 is 0. The Kier molecular flexibility index (Phi) is 7.10. The van der Waals surface area contributed by atoms with Crippen molar-refractivity contribution in [2.75, 3.05) is 58.2 Å². The van der Waals surface area contributed by atoms with E-state index in [2.05, 4.69) is 15.1 Å². The van der Waals surface area contributed by atoms with Gasteiger partial charge in [0, 0.05) is 37.4 Å². The molecule has 4 rings (SSSR count). The molecule has 0 unspecified atom stereocenters. The molecule has 0 saturated carbocycles. The van der Waals surface area contributed by atoms with E-state index >= 15 is 0 Å². The maximum Gasteiger partial charge on any atom is 0.336 e. The zero-order valence-corrected chi connectivity index (χ0v) is 20.4. The number of piperazine rings is 1. The summed E-state index contributed by atoms with van der Waals surface area (Å²) in [5.74, 6) is -0.278. The first-order valence-electron chi connectivity index (χ1n) is 10.8. The Labute approximate surface area is 203 Å². The van der Waals surface area contributed by atoms with Gasteiger partial charge in [-0.25, -0.2) is 8.42 Å². The van der Waals surface area contributed by atoms with Gasteiger partial charge in [-0.05, 0) is 24.3 Å². The highest BCUT2D eigenvalue weighted by Gasteiger charge is 2.31. The summed E-state index contributed by atoms with van der Waals surface area (Å²) in [4.78, 5) is 16.4. The van der Waals surface area contributed by atoms with Crippen LogP contribution in [0.4, 0.5) is 5.69 Å². The number of anilines is 1. The minimum absolute atomic E-state index is 0.0632. The van der Waals surface area contributed by atoms with Crippen LogP contribution in [0.3, 0.4) is 0 Å². The van der Waals surface area contributed by atoms with Gasteiger partial charge in [-0.1, -0.05) is 23.3 Å². The maximum absolute atomic E-state index is 12.8. The fourth-order valence-corrected chi connectivity index (χ4v) is 4.83. The quantitative estimate of drug-likeness (QED) is 0.451. The van der Waals surface area contributed by atoms with Crippen molar-refractivity contribution in [3.8, 4) is 28.7 Å². The molecule has 1 saturated heterocycles. The van der Waals surface area contributed by atoms with Gasteiger partial charge in [0.1, 0.15) is 5.75 Å². The number of methoxy groups -OCH3 is 3. The van der Waals surface area contributed by atoms with Crippen LogP contribution in [0.5, 0.6) is 17.2 Å². The molecule has 0 atom stereocenters. The second-order valence-electron chi connectivity index (χ2n) is 7.75. The number of hydrogen-bond donors (Lipinski definition) is 0. The normalized spacial score (nSPS) is 14.0. The van der Waals surface area contributed by atoms with E-state index in [1.165, 1.54) is 26.2 Å². The molecule has 1 amide bonds. The molecular weight excluding hydrogens is 476 g/mol. The Hall–Kier alpha value is -3.80. The third kappa shape index (κ3) is 5.16. The maximum atomic E-state index is 12.8. The Morgan fingerprint density at radius 1 is 0.943 bits per heavy atom. The van der Waals surface area contributed by atoms with E-state index in [1.54, 1.807) is 12.1 Å². The number of aromatic nitrogens is 2. The summed E-state index contributed by atoms with van der Waals surface area (Å²) < 4.78 is 47.0. The molecule has 1 aliphatic heterocycles. The SMILES string of the molecule is COc1cc(-c2nnc(S(=O)(=O)CC(=O)N3CCN(c4ccccc4)CC3)o2)cc(OC)c1OC. The Balaban J connectivity index is 1.45. The van der Waals surface area contributed by atoms with Crippen LogP contribution < -0.4 is 19.1 Å². The minimum atomic E-state index is -4.14. The van der Waals surface area contributed by atoms with E-state index in [1.807, 2.05) is 30.3 Å². The van der Waals surface area contributed by atoms with Crippen molar-refractivity contribution in [1.29, 1.82) is 0 Å². The first-order valence-corrected chi connectivity index (χ1v) is 12.5. The van der Waals surface area contributed by atoms with Crippen LogP contribution in [0, 0.1) is 0 Å². The van der Waals surface area contributed by atoms with Gasteiger partial charge in [0.25, 0.3) is 0 Å². The van der Waals surface area contributed by atoms with Crippen LogP contribution in [-0.2, 0) is 14.6 Å². The first-order chi connectivity index (χ1) is 16.9. The summed E-state index contributed by atoms with van der Waals surface area (Å²) in [6.45, 7) is 2.07. The van der Waals surface area contributed by atoms with E-state index in [4.69, 9.17) is 18.6 Å². The van der Waals surface area contributed by atoms with Crippen molar-refractivity contribution >= 4 is 21.4 Å². The summed E-state index contributed by atoms with van der Waals surface area (Å²) in [5.41, 5.74) is 1.44. The van der Waals surface area contributed by atoms with E-state index in [9.17, 15) is 13.2 Å². The molecule has 0 spiro atoms. The molecule has 3 aromatic rings. The molecular formula is C23H26N4O7S. The fraction of sp³-hybridized carbons (Fsp3) is 0.348. The Morgan fingerprint density at radius 2 is 1.57 bits per heavy atom. The third-order valence-electron chi connectivity index (χ3n) is 5.65. The lowest BCUT2D eigenvalue weighted by Gasteiger charge is -2.36. The predicted molar refractivity (Wildman–Crippen MR) is 127 cm³/mol. The number of rotatable bonds is 8. The molecule has 1 aliphatic rings. The highest BCUT2D eigenvalue weighted by molar-refractivity contribution is 7.91. The van der Waals surface area contributed by atoms with Crippen molar-refractivity contribution in [2.24, 2.45) is 0 Å². The topological polar surface area (TPSA) is 124 Å². The summed E-state index contributed by atoms with van der Waals surface area (Å²) in [5, 5.41) is 6.89. The van der Waals surface area contributed by atoms with Crippen molar-refractivity contribution in [2.45, 2.75) is 5.22 Å². The van der Waals surface area contributed by atoms with Crippen molar-refractivity contribution < 1.29 is 31.8 Å². The smallest absolute Gasteiger partial charge is 0.336 e. The number of ether oxygens (including phenoxy) is 3. The summed E-state index contributed by atoms with van der Waals surface area (Å²) in [6.07, 6.45) is 0. The van der Waals surface area contributed by atoms with Crippen LogP contribution in [0.2, 0.25) is 0 Å². The second kappa shape index (κ2) is 10.2. The van der Waals surface area contributed by atoms with Crippen molar-refractivity contribution in [3.05, 3.63) is 42.5 Å². The number of hydrogen-bond acceptors (Lipinski definition) is 10. The highest BCUT2D eigenvalue weighted by Crippen LogP contribution is 2.41. The van der Waals surface area contributed by atoms with Gasteiger partial charge >= 0.3 is 5.22 Å².